The van der Waals surface area contributed by atoms with Crippen molar-refractivity contribution in [1.82, 2.24) is 5.32 Å². The van der Waals surface area contributed by atoms with Gasteiger partial charge in [0.25, 0.3) is 0 Å². The van der Waals surface area contributed by atoms with Gasteiger partial charge < -0.3 is 5.32 Å². The zero-order valence-corrected chi connectivity index (χ0v) is 13.8. The molecule has 0 radical (unpaired) electrons. The molecule has 1 fully saturated rings. The SMILES string of the molecule is C[C@@H](NC1CSCCC1(C)C)c1ccc(Br)cc1. The fraction of sp³-hybridized carbons (Fsp3) is 0.600. The van der Waals surface area contributed by atoms with E-state index in [0.717, 1.165) is 4.47 Å². The van der Waals surface area contributed by atoms with Crippen LogP contribution in [0.5, 0.6) is 0 Å². The first-order valence-electron chi connectivity index (χ1n) is 6.58. The zero-order chi connectivity index (χ0) is 13.2. The maximum Gasteiger partial charge on any atom is 0.0294 e. The first kappa shape index (κ1) is 14.4. The lowest BCUT2D eigenvalue weighted by atomic mass is 9.81. The molecule has 0 saturated carbocycles. The van der Waals surface area contributed by atoms with E-state index in [1.54, 1.807) is 0 Å². The normalized spacial score (nSPS) is 24.8. The van der Waals surface area contributed by atoms with E-state index in [1.807, 2.05) is 0 Å². The quantitative estimate of drug-likeness (QED) is 0.868. The average molecular weight is 328 g/mol. The molecule has 1 heterocycles. The Kier molecular flexibility index (Phi) is 4.79. The summed E-state index contributed by atoms with van der Waals surface area (Å²) in [6.45, 7) is 7.04. The molecule has 0 amide bonds. The van der Waals surface area contributed by atoms with Crippen molar-refractivity contribution in [1.29, 1.82) is 0 Å². The van der Waals surface area contributed by atoms with Crippen LogP contribution in [-0.2, 0) is 0 Å². The zero-order valence-electron chi connectivity index (χ0n) is 11.4. The highest BCUT2D eigenvalue weighted by molar-refractivity contribution is 9.10. The van der Waals surface area contributed by atoms with Gasteiger partial charge in [-0.2, -0.15) is 11.8 Å². The Hall–Kier alpha value is 0.01000. The summed E-state index contributed by atoms with van der Waals surface area (Å²) in [6.07, 6.45) is 1.31. The van der Waals surface area contributed by atoms with Gasteiger partial charge in [0.1, 0.15) is 0 Å². The van der Waals surface area contributed by atoms with Gasteiger partial charge in [0.15, 0.2) is 0 Å². The van der Waals surface area contributed by atoms with Gasteiger partial charge in [0.2, 0.25) is 0 Å². The third-order valence-electron chi connectivity index (χ3n) is 3.94. The average Bonchev–Trinajstić information content (AvgIpc) is 2.32. The molecule has 1 aliphatic rings. The number of halogens is 1. The van der Waals surface area contributed by atoms with Crippen molar-refractivity contribution in [2.24, 2.45) is 5.41 Å². The highest BCUT2D eigenvalue weighted by Crippen LogP contribution is 2.35. The summed E-state index contributed by atoms with van der Waals surface area (Å²) < 4.78 is 1.15. The summed E-state index contributed by atoms with van der Waals surface area (Å²) in [5.41, 5.74) is 1.78. The fourth-order valence-electron chi connectivity index (χ4n) is 2.36. The second kappa shape index (κ2) is 5.98. The van der Waals surface area contributed by atoms with Crippen molar-refractivity contribution in [2.75, 3.05) is 11.5 Å². The van der Waals surface area contributed by atoms with Gasteiger partial charge >= 0.3 is 0 Å². The molecule has 0 aliphatic carbocycles. The molecular weight excluding hydrogens is 306 g/mol. The molecular formula is C15H22BrNS. The third-order valence-corrected chi connectivity index (χ3v) is 5.53. The Morgan fingerprint density at radius 1 is 1.33 bits per heavy atom. The predicted octanol–water partition coefficient (Wildman–Crippen LogP) is 4.63. The summed E-state index contributed by atoms with van der Waals surface area (Å²) in [7, 11) is 0. The number of thioether (sulfide) groups is 1. The summed E-state index contributed by atoms with van der Waals surface area (Å²) in [5, 5.41) is 3.81. The lowest BCUT2D eigenvalue weighted by molar-refractivity contribution is 0.232. The maximum absolute atomic E-state index is 3.81. The number of hydrogen-bond donors (Lipinski definition) is 1. The van der Waals surface area contributed by atoms with Crippen LogP contribution in [0.4, 0.5) is 0 Å². The molecule has 3 heteroatoms. The van der Waals surface area contributed by atoms with Crippen molar-refractivity contribution >= 4 is 27.7 Å². The van der Waals surface area contributed by atoms with E-state index in [-0.39, 0.29) is 0 Å². The Labute approximate surface area is 123 Å². The van der Waals surface area contributed by atoms with Crippen LogP contribution in [0.2, 0.25) is 0 Å². The smallest absolute Gasteiger partial charge is 0.0294 e. The van der Waals surface area contributed by atoms with Crippen LogP contribution in [-0.4, -0.2) is 17.5 Å². The van der Waals surface area contributed by atoms with Crippen molar-refractivity contribution in [2.45, 2.75) is 39.3 Å². The molecule has 0 bridgehead atoms. The number of hydrogen-bond acceptors (Lipinski definition) is 2. The molecule has 1 nitrogen and oxygen atoms in total. The molecule has 2 atom stereocenters. The number of rotatable bonds is 3. The van der Waals surface area contributed by atoms with Crippen LogP contribution in [0.1, 0.15) is 38.8 Å². The predicted molar refractivity (Wildman–Crippen MR) is 85.2 cm³/mol. The summed E-state index contributed by atoms with van der Waals surface area (Å²) >= 11 is 5.56. The molecule has 2 rings (SSSR count). The molecule has 1 unspecified atom stereocenters. The van der Waals surface area contributed by atoms with Crippen LogP contribution >= 0.6 is 27.7 Å². The van der Waals surface area contributed by atoms with Crippen LogP contribution in [0, 0.1) is 5.41 Å². The molecule has 100 valence electrons. The van der Waals surface area contributed by atoms with Crippen molar-refractivity contribution < 1.29 is 0 Å². The minimum Gasteiger partial charge on any atom is -0.306 e. The lowest BCUT2D eigenvalue weighted by Crippen LogP contribution is -2.47. The second-order valence-electron chi connectivity index (χ2n) is 5.81. The highest BCUT2D eigenvalue weighted by atomic mass is 79.9. The van der Waals surface area contributed by atoms with Crippen molar-refractivity contribution in [3.05, 3.63) is 34.3 Å². The molecule has 1 N–H and O–H groups in total. The van der Waals surface area contributed by atoms with Gasteiger partial charge in [-0.15, -0.1) is 0 Å². The number of nitrogens with one attached hydrogen (secondary N) is 1. The van der Waals surface area contributed by atoms with Crippen LogP contribution in [0.15, 0.2) is 28.7 Å². The Bertz CT molecular complexity index is 388. The molecule has 1 saturated heterocycles. The Morgan fingerprint density at radius 3 is 2.61 bits per heavy atom. The summed E-state index contributed by atoms with van der Waals surface area (Å²) in [5.74, 6) is 2.53. The first-order valence-corrected chi connectivity index (χ1v) is 8.53. The summed E-state index contributed by atoms with van der Waals surface area (Å²) in [4.78, 5) is 0. The van der Waals surface area contributed by atoms with Crippen molar-refractivity contribution in [3.8, 4) is 0 Å². The molecule has 1 aromatic carbocycles. The van der Waals surface area contributed by atoms with Gasteiger partial charge in [-0.05, 0) is 42.2 Å². The van der Waals surface area contributed by atoms with E-state index >= 15 is 0 Å². The van der Waals surface area contributed by atoms with E-state index in [2.05, 4.69) is 78.0 Å². The Balaban J connectivity index is 2.02. The van der Waals surface area contributed by atoms with Gasteiger partial charge in [0, 0.05) is 22.3 Å². The Morgan fingerprint density at radius 2 is 2.00 bits per heavy atom. The second-order valence-corrected chi connectivity index (χ2v) is 7.87. The fourth-order valence-corrected chi connectivity index (χ4v) is 4.24. The van der Waals surface area contributed by atoms with Crippen LogP contribution < -0.4 is 5.32 Å². The van der Waals surface area contributed by atoms with Gasteiger partial charge in [-0.3, -0.25) is 0 Å². The molecule has 0 aromatic heterocycles. The third kappa shape index (κ3) is 3.52. The molecule has 18 heavy (non-hydrogen) atoms. The topological polar surface area (TPSA) is 12.0 Å². The van der Waals surface area contributed by atoms with E-state index in [1.165, 1.54) is 23.5 Å². The minimum atomic E-state index is 0.412. The minimum absolute atomic E-state index is 0.412. The van der Waals surface area contributed by atoms with Crippen LogP contribution in [0.3, 0.4) is 0 Å². The molecule has 1 aromatic rings. The van der Waals surface area contributed by atoms with Gasteiger partial charge in [-0.25, -0.2) is 0 Å². The highest BCUT2D eigenvalue weighted by Gasteiger charge is 2.33. The van der Waals surface area contributed by atoms with E-state index in [0.29, 0.717) is 17.5 Å². The van der Waals surface area contributed by atoms with E-state index < -0.39 is 0 Å². The number of benzene rings is 1. The molecule has 0 spiro atoms. The van der Waals surface area contributed by atoms with Crippen LogP contribution in [0.25, 0.3) is 0 Å². The standard InChI is InChI=1S/C15H22BrNS/c1-11(12-4-6-13(16)7-5-12)17-14-10-18-9-8-15(14,2)3/h4-7,11,14,17H,8-10H2,1-3H3/t11-,14?/m1/s1. The van der Waals surface area contributed by atoms with Crippen molar-refractivity contribution in [3.63, 3.8) is 0 Å². The first-order chi connectivity index (χ1) is 8.49. The molecule has 1 aliphatic heterocycles. The monoisotopic (exact) mass is 327 g/mol. The lowest BCUT2D eigenvalue weighted by Gasteiger charge is -2.40. The largest absolute Gasteiger partial charge is 0.306 e. The van der Waals surface area contributed by atoms with Gasteiger partial charge in [0.05, 0.1) is 0 Å². The summed E-state index contributed by atoms with van der Waals surface area (Å²) in [6, 6.07) is 9.66. The van der Waals surface area contributed by atoms with Gasteiger partial charge in [-0.1, -0.05) is 41.9 Å². The maximum atomic E-state index is 3.81. The van der Waals surface area contributed by atoms with E-state index in [9.17, 15) is 0 Å². The van der Waals surface area contributed by atoms with E-state index in [4.69, 9.17) is 0 Å².